The molecule has 0 aliphatic heterocycles. The molecule has 27 heavy (non-hydrogen) atoms. The molecule has 7 nitrogen and oxygen atoms in total. The monoisotopic (exact) mass is 374 g/mol. The summed E-state index contributed by atoms with van der Waals surface area (Å²) in [6.07, 6.45) is 1.63. The molecule has 0 spiro atoms. The minimum Gasteiger partial charge on any atom is -0.481 e. The van der Waals surface area contributed by atoms with Crippen molar-refractivity contribution >= 4 is 23.1 Å². The lowest BCUT2D eigenvalue weighted by molar-refractivity contribution is -0.137. The van der Waals surface area contributed by atoms with Crippen LogP contribution in [0.1, 0.15) is 56.5 Å². The summed E-state index contributed by atoms with van der Waals surface area (Å²) >= 11 is 0. The molecule has 0 aliphatic carbocycles. The minimum atomic E-state index is -1.16. The average molecular weight is 374 g/mol. The van der Waals surface area contributed by atoms with Crippen molar-refractivity contribution in [3.8, 4) is 0 Å². The van der Waals surface area contributed by atoms with Gasteiger partial charge in [-0.15, -0.1) is 0 Å². The molecule has 0 saturated heterocycles. The Morgan fingerprint density at radius 1 is 1.11 bits per heavy atom. The minimum absolute atomic E-state index is 0.0585. The van der Waals surface area contributed by atoms with Gasteiger partial charge in [0.2, 0.25) is 0 Å². The number of hydrogen-bond donors (Lipinski definition) is 4. The quantitative estimate of drug-likeness (QED) is 0.503. The Morgan fingerprint density at radius 2 is 1.78 bits per heavy atom. The standard InChI is InChI=1S/C20H26N2O5/c1-2-6-18(25)20-15(21-13-7-3-4-8-14(13)22-20)11-12-17(24)16(23)9-5-10-19(26)27/h3-4,7-8,11-12,16-18,23-25H,2,5-6,9-10H2,1H3,(H,26,27)/b12-11+. The van der Waals surface area contributed by atoms with E-state index in [1.54, 1.807) is 6.08 Å². The number of hydrogen-bond acceptors (Lipinski definition) is 6. The highest BCUT2D eigenvalue weighted by atomic mass is 16.4. The van der Waals surface area contributed by atoms with Gasteiger partial charge in [0.05, 0.1) is 40.7 Å². The van der Waals surface area contributed by atoms with Crippen LogP contribution in [0, 0.1) is 0 Å². The van der Waals surface area contributed by atoms with Crippen LogP contribution in [0.15, 0.2) is 30.3 Å². The Morgan fingerprint density at radius 3 is 2.41 bits per heavy atom. The molecule has 1 aromatic heterocycles. The maximum Gasteiger partial charge on any atom is 0.303 e. The van der Waals surface area contributed by atoms with E-state index in [4.69, 9.17) is 5.11 Å². The fourth-order valence-corrected chi connectivity index (χ4v) is 2.76. The van der Waals surface area contributed by atoms with Crippen LogP contribution in [-0.4, -0.2) is 48.6 Å². The molecule has 0 fully saturated rings. The fraction of sp³-hybridized carbons (Fsp3) is 0.450. The van der Waals surface area contributed by atoms with Crippen molar-refractivity contribution in [2.75, 3.05) is 0 Å². The molecule has 4 N–H and O–H groups in total. The van der Waals surface area contributed by atoms with E-state index in [0.29, 0.717) is 28.8 Å². The lowest BCUT2D eigenvalue weighted by Gasteiger charge is -2.15. The van der Waals surface area contributed by atoms with Crippen LogP contribution in [-0.2, 0) is 4.79 Å². The van der Waals surface area contributed by atoms with Crippen LogP contribution in [0.2, 0.25) is 0 Å². The molecule has 2 rings (SSSR count). The first-order valence-corrected chi connectivity index (χ1v) is 9.13. The van der Waals surface area contributed by atoms with Gasteiger partial charge in [-0.3, -0.25) is 4.79 Å². The van der Waals surface area contributed by atoms with Gasteiger partial charge in [-0.2, -0.15) is 0 Å². The Kier molecular flexibility index (Phi) is 7.84. The Hall–Kier alpha value is -2.35. The summed E-state index contributed by atoms with van der Waals surface area (Å²) in [5.41, 5.74) is 2.21. The zero-order chi connectivity index (χ0) is 19.8. The summed E-state index contributed by atoms with van der Waals surface area (Å²) in [5.74, 6) is -0.937. The van der Waals surface area contributed by atoms with Crippen molar-refractivity contribution in [3.05, 3.63) is 41.7 Å². The predicted molar refractivity (Wildman–Crippen MR) is 102 cm³/mol. The van der Waals surface area contributed by atoms with Crippen LogP contribution in [0.25, 0.3) is 17.1 Å². The van der Waals surface area contributed by atoms with Gasteiger partial charge in [0, 0.05) is 6.42 Å². The van der Waals surface area contributed by atoms with Gasteiger partial charge in [0.25, 0.3) is 0 Å². The number of carboxylic acids is 1. The third-order valence-corrected chi connectivity index (χ3v) is 4.24. The van der Waals surface area contributed by atoms with Crippen molar-refractivity contribution < 1.29 is 25.2 Å². The van der Waals surface area contributed by atoms with Crippen LogP contribution in [0.5, 0.6) is 0 Å². The first-order valence-electron chi connectivity index (χ1n) is 9.13. The van der Waals surface area contributed by atoms with Crippen molar-refractivity contribution in [2.45, 2.75) is 57.3 Å². The van der Waals surface area contributed by atoms with Crippen LogP contribution in [0.3, 0.4) is 0 Å². The van der Waals surface area contributed by atoms with E-state index in [2.05, 4.69) is 9.97 Å². The van der Waals surface area contributed by atoms with Crippen LogP contribution < -0.4 is 0 Å². The average Bonchev–Trinajstić information content (AvgIpc) is 2.65. The smallest absolute Gasteiger partial charge is 0.303 e. The second-order valence-corrected chi connectivity index (χ2v) is 6.49. The fourth-order valence-electron chi connectivity index (χ4n) is 2.76. The van der Waals surface area contributed by atoms with E-state index >= 15 is 0 Å². The van der Waals surface area contributed by atoms with E-state index in [1.807, 2.05) is 31.2 Å². The maximum absolute atomic E-state index is 10.5. The topological polar surface area (TPSA) is 124 Å². The molecule has 0 bridgehead atoms. The number of rotatable bonds is 10. The molecular formula is C20H26N2O5. The number of aliphatic carboxylic acids is 1. The van der Waals surface area contributed by atoms with E-state index < -0.39 is 24.3 Å². The maximum atomic E-state index is 10.5. The lowest BCUT2D eigenvalue weighted by Crippen LogP contribution is -2.23. The molecule has 1 aromatic carbocycles. The number of fused-ring (bicyclic) bond motifs is 1. The number of aliphatic hydroxyl groups excluding tert-OH is 3. The summed E-state index contributed by atoms with van der Waals surface area (Å²) in [6.45, 7) is 1.96. The molecule has 1 heterocycles. The Labute approximate surface area is 158 Å². The molecule has 3 unspecified atom stereocenters. The predicted octanol–water partition coefficient (Wildman–Crippen LogP) is 2.45. The number of aromatic nitrogens is 2. The summed E-state index contributed by atoms with van der Waals surface area (Å²) < 4.78 is 0. The summed E-state index contributed by atoms with van der Waals surface area (Å²) in [5, 5.41) is 39.1. The second kappa shape index (κ2) is 10.1. The molecule has 3 atom stereocenters. The van der Waals surface area contributed by atoms with E-state index in [-0.39, 0.29) is 19.3 Å². The van der Waals surface area contributed by atoms with Gasteiger partial charge < -0.3 is 20.4 Å². The second-order valence-electron chi connectivity index (χ2n) is 6.49. The zero-order valence-electron chi connectivity index (χ0n) is 15.3. The molecule has 146 valence electrons. The Bertz CT molecular complexity index is 793. The number of nitrogens with zero attached hydrogens (tertiary/aromatic N) is 2. The summed E-state index contributed by atoms with van der Waals surface area (Å²) in [4.78, 5) is 19.6. The normalized spacial score (nSPS) is 15.1. The van der Waals surface area contributed by atoms with Crippen LogP contribution >= 0.6 is 0 Å². The number of aliphatic hydroxyl groups is 3. The van der Waals surface area contributed by atoms with Gasteiger partial charge in [0.15, 0.2) is 0 Å². The van der Waals surface area contributed by atoms with Gasteiger partial charge >= 0.3 is 5.97 Å². The lowest BCUT2D eigenvalue weighted by atomic mass is 10.0. The van der Waals surface area contributed by atoms with Crippen molar-refractivity contribution in [2.24, 2.45) is 0 Å². The third kappa shape index (κ3) is 6.09. The molecule has 0 radical (unpaired) electrons. The van der Waals surface area contributed by atoms with Gasteiger partial charge in [0.1, 0.15) is 0 Å². The number of benzene rings is 1. The van der Waals surface area contributed by atoms with E-state index in [0.717, 1.165) is 6.42 Å². The first kappa shape index (κ1) is 21.0. The molecule has 0 saturated carbocycles. The molecule has 0 amide bonds. The highest BCUT2D eigenvalue weighted by molar-refractivity contribution is 5.75. The Balaban J connectivity index is 2.20. The SMILES string of the molecule is CCCC(O)c1nc2ccccc2nc1/C=C/C(O)C(O)CCCC(=O)O. The van der Waals surface area contributed by atoms with Crippen molar-refractivity contribution in [3.63, 3.8) is 0 Å². The van der Waals surface area contributed by atoms with Gasteiger partial charge in [-0.05, 0) is 37.5 Å². The third-order valence-electron chi connectivity index (χ3n) is 4.24. The highest BCUT2D eigenvalue weighted by Gasteiger charge is 2.17. The van der Waals surface area contributed by atoms with Gasteiger partial charge in [-0.1, -0.05) is 31.6 Å². The summed E-state index contributed by atoms with van der Waals surface area (Å²) in [7, 11) is 0. The van der Waals surface area contributed by atoms with E-state index in [1.165, 1.54) is 6.08 Å². The molecule has 0 aliphatic rings. The first-order chi connectivity index (χ1) is 12.9. The summed E-state index contributed by atoms with van der Waals surface area (Å²) in [6, 6.07) is 7.32. The van der Waals surface area contributed by atoms with E-state index in [9.17, 15) is 20.1 Å². The van der Waals surface area contributed by atoms with Crippen molar-refractivity contribution in [1.82, 2.24) is 9.97 Å². The number of para-hydroxylation sites is 2. The number of carbonyl (C=O) groups is 1. The highest BCUT2D eigenvalue weighted by Crippen LogP contribution is 2.23. The number of carboxylic acid groups (broad SMARTS) is 1. The zero-order valence-corrected chi connectivity index (χ0v) is 15.3. The largest absolute Gasteiger partial charge is 0.481 e. The molecule has 7 heteroatoms. The van der Waals surface area contributed by atoms with Crippen LogP contribution in [0.4, 0.5) is 0 Å². The van der Waals surface area contributed by atoms with Gasteiger partial charge in [-0.25, -0.2) is 9.97 Å². The molecular weight excluding hydrogens is 348 g/mol. The van der Waals surface area contributed by atoms with Crippen molar-refractivity contribution in [1.29, 1.82) is 0 Å². The molecule has 2 aromatic rings.